The molecule has 1 N–H and O–H groups in total. The Morgan fingerprint density at radius 1 is 1.36 bits per heavy atom. The molecule has 0 aliphatic carbocycles. The summed E-state index contributed by atoms with van der Waals surface area (Å²) in [6, 6.07) is 7.30. The number of nitrogens with one attached hydrogen (secondary N) is 1. The molecule has 0 saturated carbocycles. The number of ether oxygens (including phenoxy) is 1. The number of aromatic nitrogens is 1. The second-order valence-corrected chi connectivity index (χ2v) is 8.83. The van der Waals surface area contributed by atoms with Crippen molar-refractivity contribution in [2.45, 2.75) is 12.5 Å². The molecule has 1 aliphatic heterocycles. The number of rotatable bonds is 5. The molecule has 1 fully saturated rings. The van der Waals surface area contributed by atoms with Gasteiger partial charge < -0.3 is 10.1 Å². The van der Waals surface area contributed by atoms with Gasteiger partial charge in [0.05, 0.1) is 24.3 Å². The highest BCUT2D eigenvalue weighted by Crippen LogP contribution is 2.26. The summed E-state index contributed by atoms with van der Waals surface area (Å²) in [5.41, 5.74) is 1.66. The van der Waals surface area contributed by atoms with E-state index in [1.165, 1.54) is 17.4 Å². The summed E-state index contributed by atoms with van der Waals surface area (Å²) in [5.74, 6) is 0.635. The second kappa shape index (κ2) is 7.37. The first-order valence-corrected chi connectivity index (χ1v) is 10.4. The zero-order valence-electron chi connectivity index (χ0n) is 13.6. The van der Waals surface area contributed by atoms with Crippen LogP contribution in [0.4, 0.5) is 0 Å². The number of hydrogen-bond donors (Lipinski definition) is 1. The molecule has 25 heavy (non-hydrogen) atoms. The van der Waals surface area contributed by atoms with Gasteiger partial charge in [-0.05, 0) is 36.8 Å². The third-order valence-corrected chi connectivity index (χ3v) is 6.52. The molecular weight excluding hydrogens is 360 g/mol. The number of benzene rings is 1. The Kier molecular flexibility index (Phi) is 5.19. The summed E-state index contributed by atoms with van der Waals surface area (Å²) < 4.78 is 27.9. The van der Waals surface area contributed by atoms with Crippen LogP contribution in [-0.2, 0) is 14.6 Å². The average Bonchev–Trinajstić information content (AvgIpc) is 3.19. The van der Waals surface area contributed by atoms with E-state index in [4.69, 9.17) is 4.74 Å². The Morgan fingerprint density at radius 3 is 2.76 bits per heavy atom. The minimum atomic E-state index is -3.00. The molecule has 0 spiro atoms. The minimum absolute atomic E-state index is 0.0187. The fourth-order valence-electron chi connectivity index (χ4n) is 2.55. The monoisotopic (exact) mass is 378 g/mol. The third kappa shape index (κ3) is 4.67. The molecule has 132 valence electrons. The largest absolute Gasteiger partial charge is 0.497 e. The third-order valence-electron chi connectivity index (χ3n) is 3.84. The van der Waals surface area contributed by atoms with Crippen LogP contribution in [0.25, 0.3) is 16.6 Å². The quantitative estimate of drug-likeness (QED) is 0.806. The van der Waals surface area contributed by atoms with E-state index in [0.717, 1.165) is 16.3 Å². The fourth-order valence-corrected chi connectivity index (χ4v) is 5.02. The van der Waals surface area contributed by atoms with Crippen molar-refractivity contribution >= 4 is 33.2 Å². The van der Waals surface area contributed by atoms with Crippen LogP contribution in [0.1, 0.15) is 12.1 Å². The van der Waals surface area contributed by atoms with Crippen LogP contribution >= 0.6 is 11.3 Å². The van der Waals surface area contributed by atoms with Crippen molar-refractivity contribution in [3.05, 3.63) is 41.4 Å². The van der Waals surface area contributed by atoms with Crippen LogP contribution in [0.2, 0.25) is 0 Å². The Morgan fingerprint density at radius 2 is 2.12 bits per heavy atom. The Balaban J connectivity index is 1.60. The van der Waals surface area contributed by atoms with E-state index >= 15 is 0 Å². The van der Waals surface area contributed by atoms with Crippen LogP contribution in [0.15, 0.2) is 35.7 Å². The van der Waals surface area contributed by atoms with Crippen LogP contribution < -0.4 is 10.1 Å². The first-order valence-electron chi connectivity index (χ1n) is 7.74. The highest BCUT2D eigenvalue weighted by molar-refractivity contribution is 7.91. The van der Waals surface area contributed by atoms with Crippen molar-refractivity contribution < 1.29 is 17.9 Å². The number of carbonyl (C=O) groups excluding carboxylic acids is 1. The molecule has 0 bridgehead atoms. The standard InChI is InChI=1S/C17H18N2O4S2/c1-23-15-5-2-12(3-6-15)17-19-13(10-24-17)4-7-16(20)18-14-8-9-25(21,22)11-14/h2-7,10,14H,8-9,11H2,1H3,(H,18,20). The van der Waals surface area contributed by atoms with Gasteiger partial charge in [0.15, 0.2) is 9.84 Å². The van der Waals surface area contributed by atoms with Crippen LogP contribution in [0.3, 0.4) is 0 Å². The highest BCUT2D eigenvalue weighted by atomic mass is 32.2. The molecule has 1 amide bonds. The zero-order valence-corrected chi connectivity index (χ0v) is 15.3. The summed E-state index contributed by atoms with van der Waals surface area (Å²) in [6.45, 7) is 0. The molecule has 1 unspecified atom stereocenters. The molecule has 1 aromatic heterocycles. The van der Waals surface area contributed by atoms with E-state index in [0.29, 0.717) is 12.1 Å². The minimum Gasteiger partial charge on any atom is -0.497 e. The fraction of sp³-hybridized carbons (Fsp3) is 0.294. The molecule has 2 heterocycles. The molecule has 6 nitrogen and oxygen atoms in total. The van der Waals surface area contributed by atoms with Crippen molar-refractivity contribution in [1.82, 2.24) is 10.3 Å². The molecular formula is C17H18N2O4S2. The van der Waals surface area contributed by atoms with Crippen molar-refractivity contribution in [1.29, 1.82) is 0 Å². The van der Waals surface area contributed by atoms with Crippen molar-refractivity contribution in [2.75, 3.05) is 18.6 Å². The molecule has 1 aliphatic rings. The zero-order chi connectivity index (χ0) is 17.9. The predicted octanol–water partition coefficient (Wildman–Crippen LogP) is 2.14. The Hall–Kier alpha value is -2.19. The normalized spacial score (nSPS) is 19.2. The van der Waals surface area contributed by atoms with Gasteiger partial charge in [-0.2, -0.15) is 0 Å². The van der Waals surface area contributed by atoms with Crippen molar-refractivity contribution in [3.8, 4) is 16.3 Å². The number of thiazole rings is 1. The maximum absolute atomic E-state index is 11.9. The van der Waals surface area contributed by atoms with Gasteiger partial charge in [-0.25, -0.2) is 13.4 Å². The molecule has 0 radical (unpaired) electrons. The van der Waals surface area contributed by atoms with E-state index < -0.39 is 9.84 Å². The molecule has 1 saturated heterocycles. The lowest BCUT2D eigenvalue weighted by atomic mass is 10.2. The van der Waals surface area contributed by atoms with Crippen molar-refractivity contribution in [2.24, 2.45) is 0 Å². The summed E-state index contributed by atoms with van der Waals surface area (Å²) in [4.78, 5) is 16.4. The van der Waals surface area contributed by atoms with Gasteiger partial charge in [0.2, 0.25) is 5.91 Å². The van der Waals surface area contributed by atoms with E-state index in [2.05, 4.69) is 10.3 Å². The summed E-state index contributed by atoms with van der Waals surface area (Å²) in [5, 5.41) is 5.43. The number of methoxy groups -OCH3 is 1. The van der Waals surface area contributed by atoms with Crippen LogP contribution in [0, 0.1) is 0 Å². The van der Waals surface area contributed by atoms with Gasteiger partial charge in [-0.15, -0.1) is 11.3 Å². The lowest BCUT2D eigenvalue weighted by molar-refractivity contribution is -0.116. The van der Waals surface area contributed by atoms with E-state index in [1.54, 1.807) is 13.2 Å². The van der Waals surface area contributed by atoms with E-state index in [1.807, 2.05) is 29.6 Å². The lowest BCUT2D eigenvalue weighted by Crippen LogP contribution is -2.34. The molecule has 8 heteroatoms. The highest BCUT2D eigenvalue weighted by Gasteiger charge is 2.28. The number of nitrogens with zero attached hydrogens (tertiary/aromatic N) is 1. The Labute approximate surface area is 150 Å². The topological polar surface area (TPSA) is 85.4 Å². The number of hydrogen-bond acceptors (Lipinski definition) is 6. The first kappa shape index (κ1) is 17.6. The molecule has 1 aromatic carbocycles. The molecule has 2 aromatic rings. The van der Waals surface area contributed by atoms with Crippen molar-refractivity contribution in [3.63, 3.8) is 0 Å². The van der Waals surface area contributed by atoms with Gasteiger partial charge in [0.1, 0.15) is 10.8 Å². The number of amides is 1. The van der Waals surface area contributed by atoms with Crippen LogP contribution in [-0.4, -0.2) is 44.0 Å². The average molecular weight is 378 g/mol. The lowest BCUT2D eigenvalue weighted by Gasteiger charge is -2.07. The maximum Gasteiger partial charge on any atom is 0.244 e. The molecule has 3 rings (SSSR count). The predicted molar refractivity (Wildman–Crippen MR) is 98.3 cm³/mol. The maximum atomic E-state index is 11.9. The number of sulfone groups is 1. The summed E-state index contributed by atoms with van der Waals surface area (Å²) in [6.07, 6.45) is 3.49. The smallest absolute Gasteiger partial charge is 0.244 e. The number of carbonyl (C=O) groups is 1. The van der Waals surface area contributed by atoms with Gasteiger partial charge in [0.25, 0.3) is 0 Å². The van der Waals surface area contributed by atoms with Crippen LogP contribution in [0.5, 0.6) is 5.75 Å². The van der Waals surface area contributed by atoms with E-state index in [9.17, 15) is 13.2 Å². The second-order valence-electron chi connectivity index (χ2n) is 5.75. The van der Waals surface area contributed by atoms with Gasteiger partial charge in [-0.3, -0.25) is 4.79 Å². The SMILES string of the molecule is COc1ccc(-c2nc(C=CC(=O)NC3CCS(=O)(=O)C3)cs2)cc1. The van der Waals surface area contributed by atoms with Gasteiger partial charge in [0, 0.05) is 23.1 Å². The summed E-state index contributed by atoms with van der Waals surface area (Å²) in [7, 11) is -1.38. The molecule has 1 atom stereocenters. The Bertz CT molecular complexity index is 886. The first-order chi connectivity index (χ1) is 11.9. The van der Waals surface area contributed by atoms with E-state index in [-0.39, 0.29) is 23.5 Å². The van der Waals surface area contributed by atoms with Gasteiger partial charge >= 0.3 is 0 Å². The van der Waals surface area contributed by atoms with Gasteiger partial charge in [-0.1, -0.05) is 0 Å². The summed E-state index contributed by atoms with van der Waals surface area (Å²) >= 11 is 1.49.